The fourth-order valence-electron chi connectivity index (χ4n) is 2.29. The second-order valence-electron chi connectivity index (χ2n) is 5.75. The van der Waals surface area contributed by atoms with Crippen LogP contribution in [-0.4, -0.2) is 36.8 Å². The van der Waals surface area contributed by atoms with Crippen molar-refractivity contribution in [1.29, 1.82) is 0 Å². The molecule has 0 aromatic carbocycles. The zero-order valence-corrected chi connectivity index (χ0v) is 12.5. The molecule has 1 saturated carbocycles. The molecule has 0 amide bonds. The average molecular weight is 263 g/mol. The van der Waals surface area contributed by atoms with E-state index in [-0.39, 0.29) is 5.41 Å². The Labute approximate surface area is 116 Å². The minimum Gasteiger partial charge on any atom is -0.383 e. The van der Waals surface area contributed by atoms with Crippen LogP contribution < -0.4 is 5.32 Å². The van der Waals surface area contributed by atoms with Crippen LogP contribution in [0, 0.1) is 13.8 Å². The van der Waals surface area contributed by atoms with Crippen LogP contribution in [0.2, 0.25) is 0 Å². The molecule has 1 aromatic rings. The largest absolute Gasteiger partial charge is 0.383 e. The van der Waals surface area contributed by atoms with Gasteiger partial charge < -0.3 is 10.1 Å². The molecule has 4 heteroatoms. The second kappa shape index (κ2) is 5.97. The number of rotatable bonds is 7. The molecule has 106 valence electrons. The summed E-state index contributed by atoms with van der Waals surface area (Å²) in [6, 6.07) is 0. The highest BCUT2D eigenvalue weighted by molar-refractivity contribution is 5.28. The monoisotopic (exact) mass is 263 g/mol. The van der Waals surface area contributed by atoms with Crippen LogP contribution >= 0.6 is 0 Å². The van der Waals surface area contributed by atoms with Crippen molar-refractivity contribution < 1.29 is 4.74 Å². The van der Waals surface area contributed by atoms with Crippen LogP contribution in [-0.2, 0) is 16.6 Å². The summed E-state index contributed by atoms with van der Waals surface area (Å²) in [6.45, 7) is 9.07. The lowest BCUT2D eigenvalue weighted by atomic mass is 10.1. The van der Waals surface area contributed by atoms with E-state index >= 15 is 0 Å². The summed E-state index contributed by atoms with van der Waals surface area (Å²) in [5.41, 5.74) is 3.83. The van der Waals surface area contributed by atoms with Gasteiger partial charge in [-0.3, -0.25) is 0 Å². The molecule has 1 fully saturated rings. The summed E-state index contributed by atoms with van der Waals surface area (Å²) in [4.78, 5) is 9.44. The molecule has 1 heterocycles. The molecule has 1 aliphatic rings. The van der Waals surface area contributed by atoms with Gasteiger partial charge in [0.2, 0.25) is 0 Å². The number of hydrogen-bond acceptors (Lipinski definition) is 4. The summed E-state index contributed by atoms with van der Waals surface area (Å²) in [5.74, 6) is 1.04. The predicted octanol–water partition coefficient (Wildman–Crippen LogP) is 1.92. The zero-order chi connectivity index (χ0) is 13.9. The van der Waals surface area contributed by atoms with E-state index in [2.05, 4.69) is 26.1 Å². The highest BCUT2D eigenvalue weighted by atomic mass is 16.5. The summed E-state index contributed by atoms with van der Waals surface area (Å²) in [5, 5.41) is 3.37. The van der Waals surface area contributed by atoms with E-state index in [0.29, 0.717) is 0 Å². The fourth-order valence-corrected chi connectivity index (χ4v) is 2.29. The minimum atomic E-state index is 0.255. The van der Waals surface area contributed by atoms with Crippen LogP contribution in [0.15, 0.2) is 0 Å². The average Bonchev–Trinajstić information content (AvgIpc) is 3.11. The standard InChI is InChI=1S/C15H25N3O/c1-11-13(5-8-16-9-10-19-4)12(2)18-14(17-11)15(3)6-7-15/h16H,5-10H2,1-4H3. The van der Waals surface area contributed by atoms with E-state index in [1.165, 1.54) is 18.4 Å². The number of hydrogen-bond donors (Lipinski definition) is 1. The van der Waals surface area contributed by atoms with Gasteiger partial charge in [0.05, 0.1) is 6.61 Å². The fraction of sp³-hybridized carbons (Fsp3) is 0.733. The first-order chi connectivity index (χ1) is 9.07. The van der Waals surface area contributed by atoms with Gasteiger partial charge in [-0.25, -0.2) is 9.97 Å². The van der Waals surface area contributed by atoms with Gasteiger partial charge in [-0.05, 0) is 45.2 Å². The number of nitrogens with one attached hydrogen (secondary N) is 1. The van der Waals surface area contributed by atoms with Gasteiger partial charge >= 0.3 is 0 Å². The first-order valence-corrected chi connectivity index (χ1v) is 7.11. The van der Waals surface area contributed by atoms with Crippen LogP contribution in [0.3, 0.4) is 0 Å². The third-order valence-corrected chi connectivity index (χ3v) is 4.00. The first kappa shape index (κ1) is 14.4. The molecule has 0 atom stereocenters. The van der Waals surface area contributed by atoms with Gasteiger partial charge in [-0.2, -0.15) is 0 Å². The summed E-state index contributed by atoms with van der Waals surface area (Å²) in [6.07, 6.45) is 3.44. The minimum absolute atomic E-state index is 0.255. The second-order valence-corrected chi connectivity index (χ2v) is 5.75. The maximum absolute atomic E-state index is 5.01. The highest BCUT2D eigenvalue weighted by Gasteiger charge is 2.42. The molecular weight excluding hydrogens is 238 g/mol. The molecule has 4 nitrogen and oxygen atoms in total. The molecule has 0 unspecified atom stereocenters. The Bertz CT molecular complexity index is 418. The molecule has 0 spiro atoms. The lowest BCUT2D eigenvalue weighted by molar-refractivity contribution is 0.199. The van der Waals surface area contributed by atoms with Crippen molar-refractivity contribution in [3.05, 3.63) is 22.8 Å². The van der Waals surface area contributed by atoms with Crippen molar-refractivity contribution >= 4 is 0 Å². The van der Waals surface area contributed by atoms with E-state index in [1.54, 1.807) is 7.11 Å². The van der Waals surface area contributed by atoms with Gasteiger partial charge in [-0.1, -0.05) is 6.92 Å². The molecule has 0 aliphatic heterocycles. The zero-order valence-electron chi connectivity index (χ0n) is 12.5. The number of methoxy groups -OCH3 is 1. The number of aromatic nitrogens is 2. The molecule has 1 N–H and O–H groups in total. The maximum Gasteiger partial charge on any atom is 0.134 e. The Hall–Kier alpha value is -1.00. The summed E-state index contributed by atoms with van der Waals surface area (Å²) in [7, 11) is 1.72. The quantitative estimate of drug-likeness (QED) is 0.764. The Kier molecular flexibility index (Phi) is 4.53. The van der Waals surface area contributed by atoms with E-state index in [4.69, 9.17) is 14.7 Å². The van der Waals surface area contributed by atoms with E-state index < -0.39 is 0 Å². The van der Waals surface area contributed by atoms with Crippen LogP contribution in [0.1, 0.15) is 42.5 Å². The highest BCUT2D eigenvalue weighted by Crippen LogP contribution is 2.46. The first-order valence-electron chi connectivity index (χ1n) is 7.11. The van der Waals surface area contributed by atoms with Crippen molar-refractivity contribution in [2.75, 3.05) is 26.8 Å². The van der Waals surface area contributed by atoms with E-state index in [1.807, 2.05) is 0 Å². The molecule has 0 radical (unpaired) electrons. The van der Waals surface area contributed by atoms with Gasteiger partial charge in [0.1, 0.15) is 5.82 Å². The molecule has 0 bridgehead atoms. The lowest BCUT2D eigenvalue weighted by Gasteiger charge is -2.14. The SMILES string of the molecule is COCCNCCc1c(C)nc(C2(C)CC2)nc1C. The van der Waals surface area contributed by atoms with Crippen LogP contribution in [0.4, 0.5) is 0 Å². The Morgan fingerprint density at radius 2 is 1.79 bits per heavy atom. The summed E-state index contributed by atoms with van der Waals surface area (Å²) >= 11 is 0. The van der Waals surface area contributed by atoms with Crippen LogP contribution in [0.25, 0.3) is 0 Å². The van der Waals surface area contributed by atoms with Crippen molar-refractivity contribution in [1.82, 2.24) is 15.3 Å². The normalized spacial score (nSPS) is 16.6. The molecular formula is C15H25N3O. The number of aryl methyl sites for hydroxylation is 2. The molecule has 1 aromatic heterocycles. The smallest absolute Gasteiger partial charge is 0.134 e. The molecule has 0 saturated heterocycles. The van der Waals surface area contributed by atoms with Crippen molar-refractivity contribution in [2.24, 2.45) is 0 Å². The van der Waals surface area contributed by atoms with Gasteiger partial charge in [-0.15, -0.1) is 0 Å². The lowest BCUT2D eigenvalue weighted by Crippen LogP contribution is -2.23. The Balaban J connectivity index is 1.97. The van der Waals surface area contributed by atoms with Gasteiger partial charge in [0.15, 0.2) is 0 Å². The third-order valence-electron chi connectivity index (χ3n) is 4.00. The third kappa shape index (κ3) is 3.51. The van der Waals surface area contributed by atoms with Gasteiger partial charge in [0.25, 0.3) is 0 Å². The van der Waals surface area contributed by atoms with Gasteiger partial charge in [0, 0.05) is 30.5 Å². The number of nitrogens with zero attached hydrogens (tertiary/aromatic N) is 2. The Morgan fingerprint density at radius 3 is 2.32 bits per heavy atom. The van der Waals surface area contributed by atoms with Crippen molar-refractivity contribution in [3.63, 3.8) is 0 Å². The molecule has 19 heavy (non-hydrogen) atoms. The summed E-state index contributed by atoms with van der Waals surface area (Å²) < 4.78 is 5.01. The number of ether oxygens (including phenoxy) is 1. The van der Waals surface area contributed by atoms with E-state index in [9.17, 15) is 0 Å². The van der Waals surface area contributed by atoms with Crippen molar-refractivity contribution in [3.8, 4) is 0 Å². The maximum atomic E-state index is 5.01. The predicted molar refractivity (Wildman–Crippen MR) is 76.5 cm³/mol. The molecule has 2 rings (SSSR count). The van der Waals surface area contributed by atoms with E-state index in [0.717, 1.165) is 43.3 Å². The van der Waals surface area contributed by atoms with Crippen molar-refractivity contribution in [2.45, 2.75) is 45.4 Å². The Morgan fingerprint density at radius 1 is 1.16 bits per heavy atom. The molecule has 1 aliphatic carbocycles. The topological polar surface area (TPSA) is 47.0 Å². The van der Waals surface area contributed by atoms with Crippen LogP contribution in [0.5, 0.6) is 0 Å².